The van der Waals surface area contributed by atoms with Gasteiger partial charge in [-0.05, 0) is 78.1 Å². The van der Waals surface area contributed by atoms with Crippen LogP contribution in [0.4, 0.5) is 11.4 Å². The minimum atomic E-state index is -0.898. The quantitative estimate of drug-likeness (QED) is 0.299. The average Bonchev–Trinajstić information content (AvgIpc) is 3.16. The number of aryl methyl sites for hydroxylation is 1. The zero-order valence-corrected chi connectivity index (χ0v) is 22.2. The van der Waals surface area contributed by atoms with Crippen molar-refractivity contribution in [1.82, 2.24) is 0 Å². The molecule has 1 N–H and O–H groups in total. The molecule has 1 aliphatic heterocycles. The van der Waals surface area contributed by atoms with Gasteiger partial charge < -0.3 is 5.32 Å². The van der Waals surface area contributed by atoms with Gasteiger partial charge in [0.15, 0.2) is 0 Å². The van der Waals surface area contributed by atoms with Crippen LogP contribution in [0.5, 0.6) is 0 Å². The van der Waals surface area contributed by atoms with E-state index in [1.54, 1.807) is 36.4 Å². The molecule has 4 aromatic rings. The molecule has 0 unspecified atom stereocenters. The van der Waals surface area contributed by atoms with E-state index in [4.69, 9.17) is 11.6 Å². The molecule has 0 saturated carbocycles. The third kappa shape index (κ3) is 3.23. The first kappa shape index (κ1) is 23.9. The maximum atomic E-state index is 14.2. The normalized spacial score (nSPS) is 24.3. The van der Waals surface area contributed by atoms with Crippen LogP contribution >= 0.6 is 11.6 Å². The third-order valence-electron chi connectivity index (χ3n) is 8.85. The fourth-order valence-electron chi connectivity index (χ4n) is 7.05. The Hall–Kier alpha value is -4.22. The van der Waals surface area contributed by atoms with E-state index in [2.05, 4.69) is 29.6 Å². The van der Waals surface area contributed by atoms with Gasteiger partial charge in [0.2, 0.25) is 11.8 Å². The lowest BCUT2D eigenvalue weighted by Crippen LogP contribution is -2.49. The summed E-state index contributed by atoms with van der Waals surface area (Å²) in [6.07, 6.45) is 0. The molecule has 2 atom stereocenters. The van der Waals surface area contributed by atoms with E-state index >= 15 is 0 Å². The van der Waals surface area contributed by atoms with Crippen LogP contribution in [0.3, 0.4) is 0 Å². The van der Waals surface area contributed by atoms with Crippen molar-refractivity contribution in [2.24, 2.45) is 11.3 Å². The lowest BCUT2D eigenvalue weighted by molar-refractivity contribution is -0.128. The number of anilines is 2. The summed E-state index contributed by atoms with van der Waals surface area (Å²) in [5.74, 6) is -1.55. The summed E-state index contributed by atoms with van der Waals surface area (Å²) in [6.45, 7) is 3.85. The Bertz CT molecular complexity index is 1670. The summed E-state index contributed by atoms with van der Waals surface area (Å²) in [5, 5.41) is 3.42. The standard InChI is InChI=1S/C33H25ClN2O3/c1-18-11-14-20(34)17-26(18)35-30(37)19-12-15-21(16-13-19)36-31(38)29-27-22-7-3-5-9-24(22)28(33(29,2)32(36)39)25-10-6-4-8-23(25)27/h3-17,27-29H,1-2H3,(H,35,37)/t27?,28?,29-,33+/m0/s1. The number of amides is 3. The molecule has 0 aromatic heterocycles. The molecule has 39 heavy (non-hydrogen) atoms. The summed E-state index contributed by atoms with van der Waals surface area (Å²) in [5.41, 5.74) is 6.05. The van der Waals surface area contributed by atoms with Crippen molar-refractivity contribution in [3.05, 3.63) is 129 Å². The van der Waals surface area contributed by atoms with Gasteiger partial charge >= 0.3 is 0 Å². The van der Waals surface area contributed by atoms with E-state index in [0.717, 1.165) is 27.8 Å². The SMILES string of the molecule is Cc1ccc(Cl)cc1NC(=O)c1ccc(N2C(=O)[C@@H]3C4c5ccccc5C(c5ccccc54)[C@@]3(C)C2=O)cc1. The predicted molar refractivity (Wildman–Crippen MR) is 151 cm³/mol. The Morgan fingerprint density at radius 2 is 1.44 bits per heavy atom. The summed E-state index contributed by atoms with van der Waals surface area (Å²) < 4.78 is 0. The van der Waals surface area contributed by atoms with Crippen LogP contribution in [0.25, 0.3) is 0 Å². The van der Waals surface area contributed by atoms with Crippen molar-refractivity contribution < 1.29 is 14.4 Å². The minimum absolute atomic E-state index is 0.181. The van der Waals surface area contributed by atoms with E-state index in [1.807, 2.05) is 44.2 Å². The van der Waals surface area contributed by atoms with Crippen LogP contribution < -0.4 is 10.2 Å². The van der Waals surface area contributed by atoms with Gasteiger partial charge in [0.25, 0.3) is 5.91 Å². The maximum Gasteiger partial charge on any atom is 0.255 e. The van der Waals surface area contributed by atoms with Crippen LogP contribution in [-0.2, 0) is 9.59 Å². The number of nitrogens with one attached hydrogen (secondary N) is 1. The highest BCUT2D eigenvalue weighted by atomic mass is 35.5. The number of carbonyl (C=O) groups is 3. The molecule has 1 fully saturated rings. The Kier molecular flexibility index (Phi) is 5.13. The van der Waals surface area contributed by atoms with Gasteiger partial charge in [-0.2, -0.15) is 0 Å². The molecule has 3 amide bonds. The molecular weight excluding hydrogens is 508 g/mol. The summed E-state index contributed by atoms with van der Waals surface area (Å²) in [4.78, 5) is 42.6. The van der Waals surface area contributed by atoms with Crippen molar-refractivity contribution >= 4 is 40.7 Å². The first-order valence-corrected chi connectivity index (χ1v) is 13.4. The number of rotatable bonds is 3. The van der Waals surface area contributed by atoms with Crippen molar-refractivity contribution in [2.45, 2.75) is 25.7 Å². The lowest BCUT2D eigenvalue weighted by atomic mass is 9.48. The summed E-state index contributed by atoms with van der Waals surface area (Å²) in [7, 11) is 0. The molecule has 0 spiro atoms. The fourth-order valence-corrected chi connectivity index (χ4v) is 7.22. The number of benzene rings is 4. The van der Waals surface area contributed by atoms with Crippen LogP contribution in [-0.4, -0.2) is 17.7 Å². The van der Waals surface area contributed by atoms with Crippen LogP contribution in [0, 0.1) is 18.3 Å². The van der Waals surface area contributed by atoms with Gasteiger partial charge in [0, 0.05) is 28.1 Å². The van der Waals surface area contributed by atoms with Gasteiger partial charge in [-0.15, -0.1) is 0 Å². The first-order chi connectivity index (χ1) is 18.8. The number of halogens is 1. The maximum absolute atomic E-state index is 14.2. The van der Waals surface area contributed by atoms with Gasteiger partial charge in [-0.1, -0.05) is 66.2 Å². The van der Waals surface area contributed by atoms with Gasteiger partial charge in [-0.3, -0.25) is 14.4 Å². The van der Waals surface area contributed by atoms with Crippen molar-refractivity contribution in [3.63, 3.8) is 0 Å². The smallest absolute Gasteiger partial charge is 0.255 e. The van der Waals surface area contributed by atoms with E-state index in [-0.39, 0.29) is 29.6 Å². The number of imide groups is 1. The van der Waals surface area contributed by atoms with Crippen LogP contribution in [0.15, 0.2) is 91.0 Å². The van der Waals surface area contributed by atoms with Crippen LogP contribution in [0.2, 0.25) is 5.02 Å². The Morgan fingerprint density at radius 1 is 0.846 bits per heavy atom. The van der Waals surface area contributed by atoms with Crippen molar-refractivity contribution in [2.75, 3.05) is 10.2 Å². The second-order valence-electron chi connectivity index (χ2n) is 10.9. The molecule has 6 heteroatoms. The molecule has 5 nitrogen and oxygen atoms in total. The molecule has 3 aliphatic carbocycles. The number of nitrogens with zero attached hydrogens (tertiary/aromatic N) is 1. The molecule has 4 aliphatic rings. The topological polar surface area (TPSA) is 66.5 Å². The van der Waals surface area contributed by atoms with E-state index in [9.17, 15) is 14.4 Å². The first-order valence-electron chi connectivity index (χ1n) is 13.0. The van der Waals surface area contributed by atoms with Crippen LogP contribution in [0.1, 0.15) is 56.9 Å². The monoisotopic (exact) mass is 532 g/mol. The minimum Gasteiger partial charge on any atom is -0.322 e. The molecule has 1 heterocycles. The predicted octanol–water partition coefficient (Wildman–Crippen LogP) is 6.69. The Balaban J connectivity index is 1.24. The van der Waals surface area contributed by atoms with E-state index in [1.165, 1.54) is 4.90 Å². The molecule has 0 radical (unpaired) electrons. The average molecular weight is 533 g/mol. The fraction of sp³-hybridized carbons (Fsp3) is 0.182. The van der Waals surface area contributed by atoms with Gasteiger partial charge in [0.1, 0.15) is 0 Å². The highest BCUT2D eigenvalue weighted by molar-refractivity contribution is 6.31. The van der Waals surface area contributed by atoms with Gasteiger partial charge in [0.05, 0.1) is 17.0 Å². The highest BCUT2D eigenvalue weighted by Crippen LogP contribution is 2.67. The molecule has 192 valence electrons. The number of carbonyl (C=O) groups excluding carboxylic acids is 3. The Morgan fingerprint density at radius 3 is 2.05 bits per heavy atom. The van der Waals surface area contributed by atoms with Crippen molar-refractivity contribution in [3.8, 4) is 0 Å². The summed E-state index contributed by atoms with van der Waals surface area (Å²) in [6, 6.07) is 28.4. The zero-order valence-electron chi connectivity index (χ0n) is 21.4. The molecule has 2 bridgehead atoms. The van der Waals surface area contributed by atoms with Crippen molar-refractivity contribution in [1.29, 1.82) is 0 Å². The van der Waals surface area contributed by atoms with E-state index < -0.39 is 11.3 Å². The number of hydrogen-bond donors (Lipinski definition) is 1. The highest BCUT2D eigenvalue weighted by Gasteiger charge is 2.68. The lowest BCUT2D eigenvalue weighted by Gasteiger charge is -2.51. The second-order valence-corrected chi connectivity index (χ2v) is 11.3. The molecule has 8 rings (SSSR count). The molecule has 1 saturated heterocycles. The largest absolute Gasteiger partial charge is 0.322 e. The van der Waals surface area contributed by atoms with Gasteiger partial charge in [-0.25, -0.2) is 4.90 Å². The Labute approximate surface area is 231 Å². The molecular formula is C33H25ClN2O3. The summed E-state index contributed by atoms with van der Waals surface area (Å²) >= 11 is 6.09. The molecule has 4 aromatic carbocycles. The number of hydrogen-bond acceptors (Lipinski definition) is 3. The zero-order chi connectivity index (χ0) is 27.1. The third-order valence-corrected chi connectivity index (χ3v) is 9.08. The second kappa shape index (κ2) is 8.39. The van der Waals surface area contributed by atoms with E-state index in [0.29, 0.717) is 22.0 Å².